The van der Waals surface area contributed by atoms with Crippen LogP contribution in [0.1, 0.15) is 37.3 Å². The third-order valence-electron chi connectivity index (χ3n) is 3.55. The SMILES string of the molecule is Cl.NC1CC2(CCC2)Oc2ccc(Cl)cc21. The number of benzene rings is 1. The Hall–Kier alpha value is -0.440. The molecule has 2 N–H and O–H groups in total. The van der Waals surface area contributed by atoms with Crippen molar-refractivity contribution in [3.8, 4) is 5.75 Å². The largest absolute Gasteiger partial charge is 0.487 e. The van der Waals surface area contributed by atoms with Gasteiger partial charge in [-0.1, -0.05) is 11.6 Å². The van der Waals surface area contributed by atoms with Crippen molar-refractivity contribution in [3.05, 3.63) is 28.8 Å². The van der Waals surface area contributed by atoms with Gasteiger partial charge < -0.3 is 10.5 Å². The van der Waals surface area contributed by atoms with Gasteiger partial charge in [0.1, 0.15) is 11.4 Å². The Morgan fingerprint density at radius 3 is 2.75 bits per heavy atom. The summed E-state index contributed by atoms with van der Waals surface area (Å²) in [7, 11) is 0. The molecule has 1 aromatic carbocycles. The lowest BCUT2D eigenvalue weighted by Gasteiger charge is -2.47. The highest BCUT2D eigenvalue weighted by molar-refractivity contribution is 6.30. The topological polar surface area (TPSA) is 35.2 Å². The predicted octanol–water partition coefficient (Wildman–Crippen LogP) is 3.47. The van der Waals surface area contributed by atoms with E-state index in [0.717, 1.165) is 35.6 Å². The van der Waals surface area contributed by atoms with E-state index in [9.17, 15) is 0 Å². The monoisotopic (exact) mass is 259 g/mol. The molecule has 0 radical (unpaired) electrons. The molecule has 88 valence electrons. The van der Waals surface area contributed by atoms with E-state index in [1.807, 2.05) is 18.2 Å². The molecule has 2 nitrogen and oxygen atoms in total. The summed E-state index contributed by atoms with van der Waals surface area (Å²) in [5, 5.41) is 0.734. The number of hydrogen-bond donors (Lipinski definition) is 1. The van der Waals surface area contributed by atoms with Crippen LogP contribution in [0.3, 0.4) is 0 Å². The van der Waals surface area contributed by atoms with E-state index >= 15 is 0 Å². The molecule has 0 aromatic heterocycles. The minimum atomic E-state index is 0. The molecule has 1 aliphatic carbocycles. The number of halogens is 2. The summed E-state index contributed by atoms with van der Waals surface area (Å²) < 4.78 is 6.04. The Morgan fingerprint density at radius 1 is 1.38 bits per heavy atom. The molecular formula is C12H15Cl2NO. The highest BCUT2D eigenvalue weighted by Gasteiger charge is 2.44. The highest BCUT2D eigenvalue weighted by atomic mass is 35.5. The number of nitrogens with two attached hydrogens (primary N) is 1. The van der Waals surface area contributed by atoms with Gasteiger partial charge in [0, 0.05) is 23.0 Å². The first-order valence-corrected chi connectivity index (χ1v) is 5.80. The first-order chi connectivity index (χ1) is 7.19. The second-order valence-electron chi connectivity index (χ2n) is 4.63. The van der Waals surface area contributed by atoms with Gasteiger partial charge in [-0.25, -0.2) is 0 Å². The molecule has 1 saturated carbocycles. The lowest BCUT2D eigenvalue weighted by Crippen LogP contribution is -2.48. The Balaban J connectivity index is 0.000000963. The number of hydrogen-bond acceptors (Lipinski definition) is 2. The fourth-order valence-electron chi connectivity index (χ4n) is 2.56. The summed E-state index contributed by atoms with van der Waals surface area (Å²) in [5.41, 5.74) is 7.26. The van der Waals surface area contributed by atoms with Crippen molar-refractivity contribution in [1.82, 2.24) is 0 Å². The molecule has 1 aliphatic heterocycles. The smallest absolute Gasteiger partial charge is 0.125 e. The lowest BCUT2D eigenvalue weighted by atomic mass is 9.73. The Morgan fingerprint density at radius 2 is 2.12 bits per heavy atom. The lowest BCUT2D eigenvalue weighted by molar-refractivity contribution is -0.0329. The molecule has 0 amide bonds. The van der Waals surface area contributed by atoms with Gasteiger partial charge in [0.15, 0.2) is 0 Å². The fraction of sp³-hybridized carbons (Fsp3) is 0.500. The van der Waals surface area contributed by atoms with Crippen LogP contribution in [0.2, 0.25) is 5.02 Å². The molecule has 1 atom stereocenters. The molecule has 1 spiro atoms. The van der Waals surface area contributed by atoms with Crippen molar-refractivity contribution < 1.29 is 4.74 Å². The van der Waals surface area contributed by atoms with Crippen LogP contribution >= 0.6 is 24.0 Å². The Kier molecular flexibility index (Phi) is 3.08. The van der Waals surface area contributed by atoms with E-state index in [4.69, 9.17) is 22.1 Å². The van der Waals surface area contributed by atoms with Gasteiger partial charge in [-0.3, -0.25) is 0 Å². The van der Waals surface area contributed by atoms with Crippen LogP contribution in [0.15, 0.2) is 18.2 Å². The van der Waals surface area contributed by atoms with Crippen LogP contribution < -0.4 is 10.5 Å². The molecule has 16 heavy (non-hydrogen) atoms. The van der Waals surface area contributed by atoms with E-state index in [0.29, 0.717) is 0 Å². The summed E-state index contributed by atoms with van der Waals surface area (Å²) in [6, 6.07) is 5.81. The van der Waals surface area contributed by atoms with E-state index in [1.165, 1.54) is 6.42 Å². The second-order valence-corrected chi connectivity index (χ2v) is 5.07. The van der Waals surface area contributed by atoms with Gasteiger partial charge >= 0.3 is 0 Å². The molecule has 1 unspecified atom stereocenters. The minimum Gasteiger partial charge on any atom is -0.487 e. The summed E-state index contributed by atoms with van der Waals surface area (Å²) >= 11 is 5.95. The van der Waals surface area contributed by atoms with Gasteiger partial charge in [0.25, 0.3) is 0 Å². The van der Waals surface area contributed by atoms with Crippen LogP contribution in [0.25, 0.3) is 0 Å². The normalized spacial score (nSPS) is 25.0. The second kappa shape index (κ2) is 4.10. The van der Waals surface area contributed by atoms with E-state index in [2.05, 4.69) is 0 Å². The molecule has 1 heterocycles. The van der Waals surface area contributed by atoms with Gasteiger partial charge in [0.05, 0.1) is 0 Å². The molecule has 2 aliphatic rings. The molecule has 3 rings (SSSR count). The average Bonchev–Trinajstić information content (AvgIpc) is 2.16. The number of fused-ring (bicyclic) bond motifs is 1. The summed E-state index contributed by atoms with van der Waals surface area (Å²) in [4.78, 5) is 0. The summed E-state index contributed by atoms with van der Waals surface area (Å²) in [6.07, 6.45) is 4.47. The zero-order valence-electron chi connectivity index (χ0n) is 8.91. The van der Waals surface area contributed by atoms with E-state index in [1.54, 1.807) is 0 Å². The zero-order valence-corrected chi connectivity index (χ0v) is 10.5. The van der Waals surface area contributed by atoms with Crippen molar-refractivity contribution in [2.45, 2.75) is 37.3 Å². The number of rotatable bonds is 0. The van der Waals surface area contributed by atoms with Crippen molar-refractivity contribution in [3.63, 3.8) is 0 Å². The molecule has 4 heteroatoms. The van der Waals surface area contributed by atoms with E-state index < -0.39 is 0 Å². The van der Waals surface area contributed by atoms with Gasteiger partial charge in [-0.2, -0.15) is 0 Å². The van der Waals surface area contributed by atoms with Gasteiger partial charge in [-0.15, -0.1) is 12.4 Å². The quantitative estimate of drug-likeness (QED) is 0.775. The first-order valence-electron chi connectivity index (χ1n) is 5.43. The fourth-order valence-corrected chi connectivity index (χ4v) is 2.75. The molecule has 1 aromatic rings. The average molecular weight is 260 g/mol. The molecule has 0 bridgehead atoms. The third-order valence-corrected chi connectivity index (χ3v) is 3.79. The maximum absolute atomic E-state index is 6.16. The molecular weight excluding hydrogens is 245 g/mol. The maximum Gasteiger partial charge on any atom is 0.125 e. The summed E-state index contributed by atoms with van der Waals surface area (Å²) in [6.45, 7) is 0. The highest BCUT2D eigenvalue weighted by Crippen LogP contribution is 2.48. The van der Waals surface area contributed by atoms with Gasteiger partial charge in [0.2, 0.25) is 0 Å². The summed E-state index contributed by atoms with van der Waals surface area (Å²) in [5.74, 6) is 0.929. The van der Waals surface area contributed by atoms with Crippen LogP contribution in [0.5, 0.6) is 5.75 Å². The Bertz CT molecular complexity index is 404. The van der Waals surface area contributed by atoms with Crippen molar-refractivity contribution in [2.75, 3.05) is 0 Å². The van der Waals surface area contributed by atoms with Crippen molar-refractivity contribution in [1.29, 1.82) is 0 Å². The van der Waals surface area contributed by atoms with Crippen LogP contribution in [-0.2, 0) is 0 Å². The predicted molar refractivity (Wildman–Crippen MR) is 67.5 cm³/mol. The van der Waals surface area contributed by atoms with Crippen LogP contribution in [0, 0.1) is 0 Å². The molecule has 1 fully saturated rings. The number of ether oxygens (including phenoxy) is 1. The standard InChI is InChI=1S/C12H14ClNO.ClH/c13-8-2-3-11-9(6-8)10(14)7-12(15-11)4-1-5-12;/h2-3,6,10H,1,4-5,7,14H2;1H. The minimum absolute atomic E-state index is 0. The zero-order chi connectivity index (χ0) is 10.5. The van der Waals surface area contributed by atoms with Crippen molar-refractivity contribution >= 4 is 24.0 Å². The van der Waals surface area contributed by atoms with E-state index in [-0.39, 0.29) is 24.0 Å². The third kappa shape index (κ3) is 1.79. The molecule has 0 saturated heterocycles. The van der Waals surface area contributed by atoms with Crippen LogP contribution in [0.4, 0.5) is 0 Å². The van der Waals surface area contributed by atoms with Crippen molar-refractivity contribution in [2.24, 2.45) is 5.73 Å². The van der Waals surface area contributed by atoms with Crippen LogP contribution in [-0.4, -0.2) is 5.60 Å². The maximum atomic E-state index is 6.16. The first kappa shape index (κ1) is 12.0. The Labute approximate surface area is 107 Å². The van der Waals surface area contributed by atoms with Gasteiger partial charge in [-0.05, 0) is 37.5 Å².